The minimum atomic E-state index is -4.71. The van der Waals surface area contributed by atoms with Gasteiger partial charge in [0, 0.05) is 24.3 Å². The molecule has 0 saturated heterocycles. The Kier molecular flexibility index (Phi) is 5.44. The summed E-state index contributed by atoms with van der Waals surface area (Å²) in [5, 5.41) is 2.49. The van der Waals surface area contributed by atoms with Crippen molar-refractivity contribution in [2.24, 2.45) is 0 Å². The van der Waals surface area contributed by atoms with Gasteiger partial charge in [-0.25, -0.2) is 9.97 Å². The first kappa shape index (κ1) is 20.2. The molecule has 3 aromatic rings. The predicted octanol–water partition coefficient (Wildman–Crippen LogP) is 4.69. The van der Waals surface area contributed by atoms with Crippen LogP contribution in [0.2, 0.25) is 0 Å². The van der Waals surface area contributed by atoms with E-state index >= 15 is 0 Å². The zero-order valence-electron chi connectivity index (χ0n) is 15.2. The van der Waals surface area contributed by atoms with Crippen LogP contribution >= 0.6 is 0 Å². The van der Waals surface area contributed by atoms with E-state index in [9.17, 15) is 22.4 Å². The van der Waals surface area contributed by atoms with E-state index in [1.807, 2.05) is 0 Å². The van der Waals surface area contributed by atoms with Crippen LogP contribution in [0.4, 0.5) is 23.2 Å². The molecule has 0 radical (unpaired) electrons. The van der Waals surface area contributed by atoms with Crippen LogP contribution in [0.25, 0.3) is 0 Å². The maximum absolute atomic E-state index is 13.3. The fourth-order valence-electron chi connectivity index (χ4n) is 2.57. The van der Waals surface area contributed by atoms with Crippen LogP contribution in [0.15, 0.2) is 42.9 Å². The molecule has 0 unspecified atom stereocenters. The van der Waals surface area contributed by atoms with Gasteiger partial charge in [0.15, 0.2) is 5.75 Å². The van der Waals surface area contributed by atoms with Crippen LogP contribution in [0, 0.1) is 19.8 Å². The smallest absolute Gasteiger partial charge is 0.418 e. The van der Waals surface area contributed by atoms with Crippen molar-refractivity contribution in [3.63, 3.8) is 0 Å². The first-order valence-corrected chi connectivity index (χ1v) is 8.26. The molecule has 0 bridgehead atoms. The summed E-state index contributed by atoms with van der Waals surface area (Å²) in [6.45, 7) is 2.60. The molecule has 1 N–H and O–H groups in total. The summed E-state index contributed by atoms with van der Waals surface area (Å²) in [5.74, 6) is -1.91. The molecule has 3 heterocycles. The topological polar surface area (TPSA) is 77.0 Å². The Labute approximate surface area is 162 Å². The van der Waals surface area contributed by atoms with E-state index in [4.69, 9.17) is 4.74 Å². The van der Waals surface area contributed by atoms with Gasteiger partial charge < -0.3 is 10.1 Å². The van der Waals surface area contributed by atoms with Gasteiger partial charge in [0.25, 0.3) is 5.91 Å². The highest BCUT2D eigenvalue weighted by Gasteiger charge is 2.36. The predicted molar refractivity (Wildman–Crippen MR) is 95.2 cm³/mol. The third kappa shape index (κ3) is 4.48. The van der Waals surface area contributed by atoms with Gasteiger partial charge in [-0.2, -0.15) is 17.6 Å². The molecular formula is C19H14F4N4O2. The second-order valence-corrected chi connectivity index (χ2v) is 5.98. The molecule has 0 atom stereocenters. The standard InChI is InChI=1S/C19H14F4N4O2/c1-10-13(19(21,22)23)9-25-18(29-14-3-4-15(20)26-11(14)2)16(10)17(28)27-12-5-7-24-8-6-12/h3-9H,1-2H3,(H,24,27,28). The number of nitrogens with one attached hydrogen (secondary N) is 1. The number of ether oxygens (including phenoxy) is 1. The van der Waals surface area contributed by atoms with Crippen molar-refractivity contribution in [2.75, 3.05) is 5.32 Å². The maximum Gasteiger partial charge on any atom is 0.418 e. The average molecular weight is 406 g/mol. The molecule has 0 saturated carbocycles. The monoisotopic (exact) mass is 406 g/mol. The summed E-state index contributed by atoms with van der Waals surface area (Å²) in [6.07, 6.45) is -1.30. The summed E-state index contributed by atoms with van der Waals surface area (Å²) in [6, 6.07) is 5.22. The number of aryl methyl sites for hydroxylation is 1. The number of rotatable bonds is 4. The average Bonchev–Trinajstić information content (AvgIpc) is 2.64. The van der Waals surface area contributed by atoms with Crippen LogP contribution in [-0.2, 0) is 6.18 Å². The number of aromatic nitrogens is 3. The Bertz CT molecular complexity index is 1060. The van der Waals surface area contributed by atoms with Gasteiger partial charge in [-0.3, -0.25) is 9.78 Å². The molecule has 0 aromatic carbocycles. The summed E-state index contributed by atoms with van der Waals surface area (Å²) < 4.78 is 58.7. The van der Waals surface area contributed by atoms with E-state index in [0.717, 1.165) is 13.0 Å². The van der Waals surface area contributed by atoms with E-state index in [0.29, 0.717) is 11.9 Å². The first-order valence-electron chi connectivity index (χ1n) is 8.26. The van der Waals surface area contributed by atoms with Crippen molar-refractivity contribution >= 4 is 11.6 Å². The molecule has 0 fully saturated rings. The molecule has 150 valence electrons. The van der Waals surface area contributed by atoms with E-state index in [1.165, 1.54) is 37.5 Å². The SMILES string of the molecule is Cc1nc(F)ccc1Oc1ncc(C(F)(F)F)c(C)c1C(=O)Nc1ccncc1. The number of carbonyl (C=O) groups is 1. The molecule has 29 heavy (non-hydrogen) atoms. The lowest BCUT2D eigenvalue weighted by molar-refractivity contribution is -0.138. The molecule has 6 nitrogen and oxygen atoms in total. The normalized spacial score (nSPS) is 11.2. The Morgan fingerprint density at radius 2 is 1.79 bits per heavy atom. The van der Waals surface area contributed by atoms with Crippen molar-refractivity contribution in [1.29, 1.82) is 0 Å². The minimum Gasteiger partial charge on any atom is -0.436 e. The quantitative estimate of drug-likeness (QED) is 0.502. The van der Waals surface area contributed by atoms with Gasteiger partial charge in [-0.05, 0) is 43.7 Å². The molecule has 0 spiro atoms. The minimum absolute atomic E-state index is 0.0519. The Morgan fingerprint density at radius 1 is 1.10 bits per heavy atom. The lowest BCUT2D eigenvalue weighted by atomic mass is 10.0. The molecule has 0 aliphatic carbocycles. The molecule has 0 aliphatic rings. The summed E-state index contributed by atoms with van der Waals surface area (Å²) >= 11 is 0. The number of hydrogen-bond acceptors (Lipinski definition) is 5. The van der Waals surface area contributed by atoms with Gasteiger partial charge >= 0.3 is 6.18 Å². The van der Waals surface area contributed by atoms with Crippen LogP contribution in [0.3, 0.4) is 0 Å². The van der Waals surface area contributed by atoms with Crippen molar-refractivity contribution in [3.05, 3.63) is 71.2 Å². The van der Waals surface area contributed by atoms with Gasteiger partial charge in [0.1, 0.15) is 5.56 Å². The van der Waals surface area contributed by atoms with Gasteiger partial charge in [0.05, 0.1) is 11.3 Å². The molecule has 3 aromatic heterocycles. The largest absolute Gasteiger partial charge is 0.436 e. The van der Waals surface area contributed by atoms with Crippen molar-refractivity contribution in [1.82, 2.24) is 15.0 Å². The number of carbonyl (C=O) groups excluding carboxylic acids is 1. The number of nitrogens with zero attached hydrogens (tertiary/aromatic N) is 3. The number of alkyl halides is 3. The third-order valence-corrected chi connectivity index (χ3v) is 3.98. The Hall–Kier alpha value is -3.56. The fourth-order valence-corrected chi connectivity index (χ4v) is 2.57. The van der Waals surface area contributed by atoms with Crippen LogP contribution in [0.1, 0.15) is 27.2 Å². The first-order chi connectivity index (χ1) is 13.7. The van der Waals surface area contributed by atoms with Crippen LogP contribution < -0.4 is 10.1 Å². The van der Waals surface area contributed by atoms with E-state index < -0.39 is 29.2 Å². The number of hydrogen-bond donors (Lipinski definition) is 1. The number of pyridine rings is 3. The molecular weight excluding hydrogens is 392 g/mol. The molecule has 10 heteroatoms. The second kappa shape index (κ2) is 7.82. The maximum atomic E-state index is 13.3. The van der Waals surface area contributed by atoms with Gasteiger partial charge in [-0.1, -0.05) is 0 Å². The van der Waals surface area contributed by atoms with Crippen molar-refractivity contribution in [2.45, 2.75) is 20.0 Å². The Morgan fingerprint density at radius 3 is 2.41 bits per heavy atom. The third-order valence-electron chi connectivity index (χ3n) is 3.98. The molecule has 3 rings (SSSR count). The van der Waals surface area contributed by atoms with E-state index in [-0.39, 0.29) is 22.9 Å². The highest BCUT2D eigenvalue weighted by atomic mass is 19.4. The second-order valence-electron chi connectivity index (χ2n) is 5.98. The van der Waals surface area contributed by atoms with E-state index in [2.05, 4.69) is 20.3 Å². The van der Waals surface area contributed by atoms with Crippen LogP contribution in [-0.4, -0.2) is 20.9 Å². The summed E-state index contributed by atoms with van der Waals surface area (Å²) in [7, 11) is 0. The van der Waals surface area contributed by atoms with Gasteiger partial charge in [0.2, 0.25) is 11.8 Å². The van der Waals surface area contributed by atoms with Crippen molar-refractivity contribution in [3.8, 4) is 11.6 Å². The molecule has 0 aliphatic heterocycles. The number of amides is 1. The zero-order valence-corrected chi connectivity index (χ0v) is 15.2. The van der Waals surface area contributed by atoms with Crippen molar-refractivity contribution < 1.29 is 27.1 Å². The lowest BCUT2D eigenvalue weighted by Crippen LogP contribution is -2.19. The zero-order chi connectivity index (χ0) is 21.2. The molecule has 1 amide bonds. The van der Waals surface area contributed by atoms with Crippen LogP contribution in [0.5, 0.6) is 11.6 Å². The highest BCUT2D eigenvalue weighted by Crippen LogP contribution is 2.36. The highest BCUT2D eigenvalue weighted by molar-refractivity contribution is 6.07. The number of halogens is 4. The van der Waals surface area contributed by atoms with Gasteiger partial charge in [-0.15, -0.1) is 0 Å². The summed E-state index contributed by atoms with van der Waals surface area (Å²) in [4.78, 5) is 23.8. The van der Waals surface area contributed by atoms with E-state index in [1.54, 1.807) is 0 Å². The lowest BCUT2D eigenvalue weighted by Gasteiger charge is -2.17. The number of anilines is 1. The Balaban J connectivity index is 2.07. The fraction of sp³-hybridized carbons (Fsp3) is 0.158. The summed E-state index contributed by atoms with van der Waals surface area (Å²) in [5.41, 5.74) is -1.36.